The van der Waals surface area contributed by atoms with Gasteiger partial charge in [-0.05, 0) is 58.4 Å². The fraction of sp³-hybridized carbons (Fsp3) is 0.696. The maximum Gasteiger partial charge on any atom is 0.407 e. The van der Waals surface area contributed by atoms with Crippen LogP contribution in [-0.4, -0.2) is 59.7 Å². The highest BCUT2D eigenvalue weighted by Gasteiger charge is 2.40. The van der Waals surface area contributed by atoms with E-state index in [0.717, 1.165) is 0 Å². The first-order valence-corrected chi connectivity index (χ1v) is 12.1. The van der Waals surface area contributed by atoms with Crippen LogP contribution in [0, 0.1) is 5.41 Å². The van der Waals surface area contributed by atoms with Gasteiger partial charge >= 0.3 is 12.1 Å². The summed E-state index contributed by atoms with van der Waals surface area (Å²) in [7, 11) is 0. The molecule has 3 aliphatic rings. The molecule has 12 heteroatoms. The van der Waals surface area contributed by atoms with E-state index in [-0.39, 0.29) is 24.4 Å². The van der Waals surface area contributed by atoms with E-state index in [1.165, 1.54) is 0 Å². The summed E-state index contributed by atoms with van der Waals surface area (Å²) in [6.45, 7) is 4.55. The van der Waals surface area contributed by atoms with Gasteiger partial charge in [0.05, 0.1) is 11.1 Å². The van der Waals surface area contributed by atoms with Crippen molar-refractivity contribution in [1.29, 1.82) is 0 Å². The topological polar surface area (TPSA) is 175 Å². The number of nitrogens with one attached hydrogen (secondary N) is 4. The summed E-state index contributed by atoms with van der Waals surface area (Å²) in [6.07, 6.45) is 6.23. The van der Waals surface area contributed by atoms with Crippen molar-refractivity contribution in [1.82, 2.24) is 26.5 Å². The monoisotopic (exact) mass is 493 g/mol. The molecule has 3 rings (SSSR count). The minimum Gasteiger partial charge on any atom is -0.442 e. The number of hydroxylamine groups is 2. The molecular formula is C23H35N5O7. The summed E-state index contributed by atoms with van der Waals surface area (Å²) < 4.78 is 5.45. The highest BCUT2D eigenvalue weighted by molar-refractivity contribution is 6.01. The van der Waals surface area contributed by atoms with Gasteiger partial charge in [0.2, 0.25) is 5.91 Å². The van der Waals surface area contributed by atoms with E-state index >= 15 is 0 Å². The van der Waals surface area contributed by atoms with Crippen LogP contribution in [0.3, 0.4) is 0 Å². The Kier molecular flexibility index (Phi) is 8.84. The summed E-state index contributed by atoms with van der Waals surface area (Å²) in [5.41, 5.74) is 4.94. The van der Waals surface area contributed by atoms with E-state index in [0.29, 0.717) is 63.1 Å². The number of hydrazine groups is 1. The molecule has 2 fully saturated rings. The zero-order valence-corrected chi connectivity index (χ0v) is 20.3. The third kappa shape index (κ3) is 8.03. The first-order chi connectivity index (χ1) is 16.6. The maximum absolute atomic E-state index is 12.7. The zero-order chi connectivity index (χ0) is 25.5. The molecule has 12 nitrogen and oxygen atoms in total. The lowest BCUT2D eigenvalue weighted by atomic mass is 9.80. The Labute approximate surface area is 204 Å². The molecule has 2 atom stereocenters. The lowest BCUT2D eigenvalue weighted by Gasteiger charge is -2.29. The van der Waals surface area contributed by atoms with Crippen LogP contribution in [0.25, 0.3) is 0 Å². The molecule has 2 aliphatic heterocycles. The number of imide groups is 1. The number of allylic oxidation sites excluding steroid dienone is 1. The van der Waals surface area contributed by atoms with Crippen LogP contribution in [0.2, 0.25) is 0 Å². The number of amides is 4. The Morgan fingerprint density at radius 1 is 1.11 bits per heavy atom. The molecule has 4 amide bonds. The number of alkyl carbamates (subject to hydrolysis) is 1. The Morgan fingerprint density at radius 3 is 2.49 bits per heavy atom. The van der Waals surface area contributed by atoms with Crippen molar-refractivity contribution in [3.63, 3.8) is 0 Å². The zero-order valence-electron chi connectivity index (χ0n) is 20.3. The third-order valence-electron chi connectivity index (χ3n) is 6.42. The minimum absolute atomic E-state index is 0.0292. The fourth-order valence-corrected chi connectivity index (χ4v) is 3.88. The van der Waals surface area contributed by atoms with Crippen molar-refractivity contribution < 1.29 is 33.5 Å². The van der Waals surface area contributed by atoms with Gasteiger partial charge in [-0.2, -0.15) is 0 Å². The molecule has 2 heterocycles. The number of carbonyl (C=O) groups is 5. The molecule has 2 saturated heterocycles. The van der Waals surface area contributed by atoms with Crippen molar-refractivity contribution in [2.24, 2.45) is 5.41 Å². The van der Waals surface area contributed by atoms with E-state index in [2.05, 4.69) is 21.5 Å². The van der Waals surface area contributed by atoms with E-state index in [1.807, 2.05) is 6.92 Å². The average molecular weight is 494 g/mol. The van der Waals surface area contributed by atoms with E-state index in [9.17, 15) is 24.0 Å². The molecule has 2 unspecified atom stereocenters. The van der Waals surface area contributed by atoms with Crippen LogP contribution in [0.4, 0.5) is 4.79 Å². The second-order valence-corrected chi connectivity index (χ2v) is 9.70. The highest BCUT2D eigenvalue weighted by atomic mass is 16.7. The van der Waals surface area contributed by atoms with Crippen molar-refractivity contribution >= 4 is 29.8 Å². The number of carbonyl (C=O) groups excluding carboxylic acids is 5. The molecule has 0 spiro atoms. The normalized spacial score (nSPS) is 26.3. The molecule has 0 aromatic heterocycles. The molecule has 0 aromatic carbocycles. The van der Waals surface area contributed by atoms with E-state index < -0.39 is 35.4 Å². The van der Waals surface area contributed by atoms with E-state index in [1.54, 1.807) is 19.1 Å². The van der Waals surface area contributed by atoms with Gasteiger partial charge in [0.15, 0.2) is 0 Å². The van der Waals surface area contributed by atoms with Crippen molar-refractivity contribution in [3.05, 3.63) is 12.2 Å². The van der Waals surface area contributed by atoms with Gasteiger partial charge < -0.3 is 20.2 Å². The number of ether oxygens (including phenoxy) is 1. The van der Waals surface area contributed by atoms with Gasteiger partial charge in [-0.1, -0.05) is 6.08 Å². The van der Waals surface area contributed by atoms with Gasteiger partial charge in [0, 0.05) is 32.4 Å². The standard InChI is InChI=1S/C23H35N5O7/c1-22(20(32)35-28-18(30)8-9-19(28)31)11-3-6-16(7-4-12-22)34-21(33)25-15-5-14-24-17(29)10-13-23(2)26-27-23/h3,6,16,26-27H,4-5,7-15H2,1-2H3,(H,24,29)(H,25,33)/b6-3+. The minimum atomic E-state index is -0.888. The fourth-order valence-electron chi connectivity index (χ4n) is 3.88. The largest absolute Gasteiger partial charge is 0.442 e. The number of rotatable bonds is 10. The van der Waals surface area contributed by atoms with Crippen LogP contribution in [0.15, 0.2) is 12.2 Å². The molecule has 194 valence electrons. The smallest absolute Gasteiger partial charge is 0.407 e. The van der Waals surface area contributed by atoms with Crippen molar-refractivity contribution in [2.75, 3.05) is 13.1 Å². The predicted octanol–water partition coefficient (Wildman–Crippen LogP) is 0.935. The average Bonchev–Trinajstić information content (AvgIpc) is 3.46. The van der Waals surface area contributed by atoms with Gasteiger partial charge in [-0.3, -0.25) is 14.4 Å². The van der Waals surface area contributed by atoms with Gasteiger partial charge in [0.1, 0.15) is 6.10 Å². The molecule has 0 saturated carbocycles. The summed E-state index contributed by atoms with van der Waals surface area (Å²) in [6, 6.07) is 0. The van der Waals surface area contributed by atoms with Crippen LogP contribution < -0.4 is 21.5 Å². The first kappa shape index (κ1) is 26.6. The molecule has 1 aliphatic carbocycles. The van der Waals surface area contributed by atoms with Crippen molar-refractivity contribution in [3.8, 4) is 0 Å². The lowest BCUT2D eigenvalue weighted by molar-refractivity contribution is -0.205. The molecule has 35 heavy (non-hydrogen) atoms. The van der Waals surface area contributed by atoms with Crippen molar-refractivity contribution in [2.45, 2.75) is 83.4 Å². The molecule has 0 bridgehead atoms. The molecule has 4 N–H and O–H groups in total. The highest BCUT2D eigenvalue weighted by Crippen LogP contribution is 2.34. The SMILES string of the molecule is CC1(CCC(=O)NCCCNC(=O)OC2/C=C/CC(C)(C(=O)ON3C(=O)CCC3=O)CCC2)NN1. The maximum atomic E-state index is 12.7. The first-order valence-electron chi connectivity index (χ1n) is 12.1. The summed E-state index contributed by atoms with van der Waals surface area (Å²) in [5.74, 6) is -1.66. The molecular weight excluding hydrogens is 458 g/mol. The Bertz CT molecular complexity index is 856. The Hall–Kier alpha value is -2.99. The summed E-state index contributed by atoms with van der Waals surface area (Å²) in [4.78, 5) is 65.1. The van der Waals surface area contributed by atoms with Crippen LogP contribution in [0.1, 0.15) is 71.6 Å². The van der Waals surface area contributed by atoms with Gasteiger partial charge in [-0.15, -0.1) is 5.06 Å². The quantitative estimate of drug-likeness (QED) is 0.149. The van der Waals surface area contributed by atoms with E-state index in [4.69, 9.17) is 9.57 Å². The van der Waals surface area contributed by atoms with Gasteiger partial charge in [-0.25, -0.2) is 20.4 Å². The number of hydrogen-bond acceptors (Lipinski definition) is 9. The second kappa shape index (κ2) is 11.6. The third-order valence-corrected chi connectivity index (χ3v) is 6.42. The summed E-state index contributed by atoms with van der Waals surface area (Å²) >= 11 is 0. The van der Waals surface area contributed by atoms with Gasteiger partial charge in [0.25, 0.3) is 11.8 Å². The van der Waals surface area contributed by atoms with Crippen LogP contribution >= 0.6 is 0 Å². The Morgan fingerprint density at radius 2 is 1.80 bits per heavy atom. The molecule has 0 aromatic rings. The number of hydrogen-bond donors (Lipinski definition) is 4. The second-order valence-electron chi connectivity index (χ2n) is 9.70. The number of nitrogens with zero attached hydrogens (tertiary/aromatic N) is 1. The lowest BCUT2D eigenvalue weighted by Crippen LogP contribution is -2.39. The Balaban J connectivity index is 1.32. The molecule has 0 radical (unpaired) electrons. The van der Waals surface area contributed by atoms with Crippen LogP contribution in [0.5, 0.6) is 0 Å². The summed E-state index contributed by atoms with van der Waals surface area (Å²) in [5, 5.41) is 6.07. The van der Waals surface area contributed by atoms with Crippen LogP contribution in [-0.2, 0) is 28.8 Å². The predicted molar refractivity (Wildman–Crippen MR) is 123 cm³/mol.